The number of nitriles is 1. The van der Waals surface area contributed by atoms with Gasteiger partial charge in [0.2, 0.25) is 5.41 Å². The van der Waals surface area contributed by atoms with Gasteiger partial charge in [0.15, 0.2) is 6.29 Å². The van der Waals surface area contributed by atoms with Crippen molar-refractivity contribution in [1.82, 2.24) is 0 Å². The first-order chi connectivity index (χ1) is 10.6. The number of hydrogen-bond acceptors (Lipinski definition) is 5. The Kier molecular flexibility index (Phi) is 6.22. The molecule has 1 aliphatic heterocycles. The van der Waals surface area contributed by atoms with Crippen LogP contribution in [0.3, 0.4) is 0 Å². The van der Waals surface area contributed by atoms with Gasteiger partial charge in [0.25, 0.3) is 0 Å². The Morgan fingerprint density at radius 1 is 1.23 bits per heavy atom. The van der Waals surface area contributed by atoms with Gasteiger partial charge in [-0.15, -0.1) is 0 Å². The predicted molar refractivity (Wildman–Crippen MR) is 80.8 cm³/mol. The fourth-order valence-electron chi connectivity index (χ4n) is 3.11. The van der Waals surface area contributed by atoms with Crippen molar-refractivity contribution in [2.24, 2.45) is 11.3 Å². The summed E-state index contributed by atoms with van der Waals surface area (Å²) in [4.78, 5) is 12.4. The summed E-state index contributed by atoms with van der Waals surface area (Å²) in [6.45, 7) is 4.37. The maximum absolute atomic E-state index is 12.4. The minimum atomic E-state index is -1.30. The maximum atomic E-state index is 12.4. The third-order valence-corrected chi connectivity index (χ3v) is 4.81. The van der Waals surface area contributed by atoms with Gasteiger partial charge in [0, 0.05) is 0 Å². The topological polar surface area (TPSA) is 68.5 Å². The molecule has 124 valence electrons. The third kappa shape index (κ3) is 3.99. The van der Waals surface area contributed by atoms with Crippen molar-refractivity contribution in [3.8, 4) is 6.07 Å². The summed E-state index contributed by atoms with van der Waals surface area (Å²) in [6, 6.07) is 2.06. The number of carbonyl (C=O) groups excluding carboxylic acids is 1. The highest BCUT2D eigenvalue weighted by Gasteiger charge is 2.46. The highest BCUT2D eigenvalue weighted by molar-refractivity contribution is 5.80. The van der Waals surface area contributed by atoms with Crippen molar-refractivity contribution in [3.05, 3.63) is 0 Å². The van der Waals surface area contributed by atoms with Gasteiger partial charge in [-0.1, -0.05) is 26.7 Å². The zero-order chi connectivity index (χ0) is 16.0. The fourth-order valence-corrected chi connectivity index (χ4v) is 3.11. The molecule has 0 spiro atoms. The van der Waals surface area contributed by atoms with E-state index in [0.717, 1.165) is 44.4 Å². The molecule has 0 radical (unpaired) electrons. The highest BCUT2D eigenvalue weighted by Crippen LogP contribution is 2.32. The Labute approximate surface area is 132 Å². The molecule has 1 aliphatic carbocycles. The van der Waals surface area contributed by atoms with Crippen LogP contribution in [0.25, 0.3) is 0 Å². The van der Waals surface area contributed by atoms with E-state index >= 15 is 0 Å². The summed E-state index contributed by atoms with van der Waals surface area (Å²) in [6.07, 6.45) is 6.51. The standard InChI is InChI=1S/C17H27NO4/c1-3-5-15-20-11-17(10-18,12-21-15)16(19)22-14-8-6-13(4-2)7-9-14/h13-15H,3-9,11-12H2,1-2H3. The lowest BCUT2D eigenvalue weighted by Gasteiger charge is -2.35. The van der Waals surface area contributed by atoms with Gasteiger partial charge in [-0.3, -0.25) is 4.79 Å². The minimum Gasteiger partial charge on any atom is -0.461 e. The second-order valence-electron chi connectivity index (χ2n) is 6.49. The number of rotatable bonds is 5. The van der Waals surface area contributed by atoms with Crippen LogP contribution in [0.15, 0.2) is 0 Å². The molecule has 2 rings (SSSR count). The molecule has 22 heavy (non-hydrogen) atoms. The molecule has 0 aromatic rings. The smallest absolute Gasteiger partial charge is 0.331 e. The summed E-state index contributed by atoms with van der Waals surface area (Å²) in [7, 11) is 0. The number of ether oxygens (including phenoxy) is 3. The lowest BCUT2D eigenvalue weighted by Crippen LogP contribution is -2.48. The average Bonchev–Trinajstić information content (AvgIpc) is 2.56. The van der Waals surface area contributed by atoms with E-state index in [4.69, 9.17) is 14.2 Å². The number of nitrogens with zero attached hydrogens (tertiary/aromatic N) is 1. The molecular weight excluding hydrogens is 282 g/mol. The summed E-state index contributed by atoms with van der Waals surface area (Å²) < 4.78 is 16.6. The molecule has 1 saturated carbocycles. The second kappa shape index (κ2) is 7.94. The maximum Gasteiger partial charge on any atom is 0.331 e. The van der Waals surface area contributed by atoms with E-state index in [1.165, 1.54) is 6.42 Å². The zero-order valence-electron chi connectivity index (χ0n) is 13.7. The summed E-state index contributed by atoms with van der Waals surface area (Å²) in [5.74, 6) is 0.265. The van der Waals surface area contributed by atoms with E-state index in [0.29, 0.717) is 0 Å². The van der Waals surface area contributed by atoms with E-state index in [9.17, 15) is 10.1 Å². The van der Waals surface area contributed by atoms with Crippen LogP contribution in [0.1, 0.15) is 58.8 Å². The molecule has 0 unspecified atom stereocenters. The minimum absolute atomic E-state index is 0.0612. The van der Waals surface area contributed by atoms with E-state index in [-0.39, 0.29) is 25.6 Å². The molecule has 0 bridgehead atoms. The Morgan fingerprint density at radius 2 is 1.86 bits per heavy atom. The Morgan fingerprint density at radius 3 is 2.36 bits per heavy atom. The lowest BCUT2D eigenvalue weighted by molar-refractivity contribution is -0.228. The molecule has 1 saturated heterocycles. The van der Waals surface area contributed by atoms with Crippen LogP contribution in [-0.2, 0) is 19.0 Å². The van der Waals surface area contributed by atoms with Crippen molar-refractivity contribution < 1.29 is 19.0 Å². The van der Waals surface area contributed by atoms with Crippen molar-refractivity contribution in [3.63, 3.8) is 0 Å². The van der Waals surface area contributed by atoms with Crippen molar-refractivity contribution in [2.45, 2.75) is 71.2 Å². The van der Waals surface area contributed by atoms with Crippen molar-refractivity contribution in [1.29, 1.82) is 5.26 Å². The van der Waals surface area contributed by atoms with Crippen molar-refractivity contribution >= 4 is 5.97 Å². The van der Waals surface area contributed by atoms with E-state index < -0.39 is 11.4 Å². The molecule has 5 heteroatoms. The van der Waals surface area contributed by atoms with Gasteiger partial charge in [-0.2, -0.15) is 5.26 Å². The first-order valence-electron chi connectivity index (χ1n) is 8.49. The molecule has 1 heterocycles. The molecule has 0 N–H and O–H groups in total. The zero-order valence-corrected chi connectivity index (χ0v) is 13.7. The molecule has 0 aromatic heterocycles. The molecule has 2 aliphatic rings. The van der Waals surface area contributed by atoms with Gasteiger partial charge >= 0.3 is 5.97 Å². The predicted octanol–water partition coefficient (Wildman–Crippen LogP) is 3.18. The molecule has 0 atom stereocenters. The van der Waals surface area contributed by atoms with Crippen LogP contribution in [0.5, 0.6) is 0 Å². The van der Waals surface area contributed by atoms with Gasteiger partial charge in [-0.25, -0.2) is 0 Å². The molecular formula is C17H27NO4. The molecule has 2 fully saturated rings. The van der Waals surface area contributed by atoms with Crippen molar-refractivity contribution in [2.75, 3.05) is 13.2 Å². The lowest BCUT2D eigenvalue weighted by atomic mass is 9.85. The molecule has 0 amide bonds. The van der Waals surface area contributed by atoms with Crippen LogP contribution >= 0.6 is 0 Å². The summed E-state index contributed by atoms with van der Waals surface area (Å²) >= 11 is 0. The first-order valence-corrected chi connectivity index (χ1v) is 8.49. The fraction of sp³-hybridized carbons (Fsp3) is 0.882. The van der Waals surface area contributed by atoms with Gasteiger partial charge in [0.1, 0.15) is 6.10 Å². The average molecular weight is 309 g/mol. The second-order valence-corrected chi connectivity index (χ2v) is 6.49. The van der Waals surface area contributed by atoms with E-state index in [1.807, 2.05) is 6.92 Å². The van der Waals surface area contributed by atoms with Crippen LogP contribution in [0.2, 0.25) is 0 Å². The van der Waals surface area contributed by atoms with Crippen LogP contribution in [0.4, 0.5) is 0 Å². The Bertz CT molecular complexity index is 401. The van der Waals surface area contributed by atoms with Gasteiger partial charge in [-0.05, 0) is 38.0 Å². The summed E-state index contributed by atoms with van der Waals surface area (Å²) in [5.41, 5.74) is -1.30. The number of carbonyl (C=O) groups is 1. The Hall–Kier alpha value is -1.12. The first kappa shape index (κ1) is 17.2. The molecule has 0 aromatic carbocycles. The van der Waals surface area contributed by atoms with E-state index in [1.54, 1.807) is 0 Å². The summed E-state index contributed by atoms with van der Waals surface area (Å²) in [5, 5.41) is 9.43. The Balaban J connectivity index is 1.86. The van der Waals surface area contributed by atoms with Gasteiger partial charge in [0.05, 0.1) is 19.3 Å². The van der Waals surface area contributed by atoms with Crippen LogP contribution in [-0.4, -0.2) is 31.6 Å². The molecule has 5 nitrogen and oxygen atoms in total. The normalized spacial score (nSPS) is 35.6. The van der Waals surface area contributed by atoms with Crippen LogP contribution < -0.4 is 0 Å². The quantitative estimate of drug-likeness (QED) is 0.730. The number of esters is 1. The monoisotopic (exact) mass is 309 g/mol. The largest absolute Gasteiger partial charge is 0.461 e. The van der Waals surface area contributed by atoms with E-state index in [2.05, 4.69) is 13.0 Å². The van der Waals surface area contributed by atoms with Crippen LogP contribution in [0, 0.1) is 22.7 Å². The number of hydrogen-bond donors (Lipinski definition) is 0. The highest BCUT2D eigenvalue weighted by atomic mass is 16.7. The van der Waals surface area contributed by atoms with Gasteiger partial charge < -0.3 is 14.2 Å². The third-order valence-electron chi connectivity index (χ3n) is 4.81. The SMILES string of the molecule is CCCC1OCC(C#N)(C(=O)OC2CCC(CC)CC2)CO1.